The summed E-state index contributed by atoms with van der Waals surface area (Å²) in [4.78, 5) is 19.2. The standard InChI is InChI=1S/C46H38N4O/c1-32-16-18-35(19-17-32)41-29-43(49-44(30-41)37-24-26-42(51)27-25-37)36-22-20-34(21-23-36)40-15-9-10-33(28-40)31-48-46(39-13-7-4-8-14-39)50-45(47-2)38-11-5-3-6-12-38/h4-5,7-30,51H,2-3,6,31H2,1H3. The Bertz CT molecular complexity index is 2220. The number of nitrogens with zero attached hydrogens (tertiary/aromatic N) is 4. The highest BCUT2D eigenvalue weighted by molar-refractivity contribution is 6.13. The Morgan fingerprint density at radius 3 is 1.96 bits per heavy atom. The van der Waals surface area contributed by atoms with Gasteiger partial charge in [0.25, 0.3) is 0 Å². The maximum absolute atomic E-state index is 9.88. The zero-order valence-corrected chi connectivity index (χ0v) is 28.6. The fourth-order valence-electron chi connectivity index (χ4n) is 6.07. The number of allylic oxidation sites excluding steroid dienone is 2. The Hall–Kier alpha value is -6.46. The van der Waals surface area contributed by atoms with Crippen molar-refractivity contribution in [2.45, 2.75) is 26.3 Å². The van der Waals surface area contributed by atoms with Crippen molar-refractivity contribution in [2.75, 3.05) is 0 Å². The third-order valence-corrected chi connectivity index (χ3v) is 8.87. The minimum atomic E-state index is 0.231. The third kappa shape index (κ3) is 8.06. The van der Waals surface area contributed by atoms with Gasteiger partial charge in [0.1, 0.15) is 5.75 Å². The monoisotopic (exact) mass is 662 g/mol. The number of aromatic hydroxyl groups is 1. The van der Waals surface area contributed by atoms with E-state index in [9.17, 15) is 5.11 Å². The van der Waals surface area contributed by atoms with Crippen LogP contribution in [-0.2, 0) is 6.54 Å². The van der Waals surface area contributed by atoms with Crippen LogP contribution in [0, 0.1) is 6.92 Å². The maximum atomic E-state index is 9.88. The van der Waals surface area contributed by atoms with Crippen LogP contribution < -0.4 is 0 Å². The van der Waals surface area contributed by atoms with Crippen molar-refractivity contribution < 1.29 is 5.11 Å². The van der Waals surface area contributed by atoms with Crippen LogP contribution in [0.3, 0.4) is 0 Å². The molecule has 51 heavy (non-hydrogen) atoms. The molecular formula is C46H38N4O. The molecule has 0 radical (unpaired) electrons. The minimum Gasteiger partial charge on any atom is -0.508 e. The number of benzene rings is 5. The predicted molar refractivity (Wildman–Crippen MR) is 213 cm³/mol. The number of hydrogen-bond acceptors (Lipinski definition) is 3. The second-order valence-corrected chi connectivity index (χ2v) is 12.6. The van der Waals surface area contributed by atoms with Gasteiger partial charge < -0.3 is 5.11 Å². The van der Waals surface area contributed by atoms with Gasteiger partial charge in [0.05, 0.1) is 17.9 Å². The van der Waals surface area contributed by atoms with E-state index in [1.165, 1.54) is 5.56 Å². The van der Waals surface area contributed by atoms with E-state index in [1.54, 1.807) is 12.1 Å². The number of phenols is 1. The highest BCUT2D eigenvalue weighted by Crippen LogP contribution is 2.32. The largest absolute Gasteiger partial charge is 0.508 e. The van der Waals surface area contributed by atoms with E-state index in [-0.39, 0.29) is 5.75 Å². The first kappa shape index (κ1) is 33.1. The SMILES string of the molecule is C=NC(=NC(=NCc1cccc(-c2ccc(-c3cc(-c4ccc(C)cc4)cc(-c4ccc(O)cc4)n3)cc2)c1)c1ccccc1)C1=CCCC=C1. The van der Waals surface area contributed by atoms with Crippen molar-refractivity contribution in [1.29, 1.82) is 0 Å². The van der Waals surface area contributed by atoms with Gasteiger partial charge in [-0.25, -0.2) is 15.0 Å². The molecule has 1 aliphatic carbocycles. The quantitative estimate of drug-likeness (QED) is 0.130. The van der Waals surface area contributed by atoms with Gasteiger partial charge in [0.2, 0.25) is 0 Å². The predicted octanol–water partition coefficient (Wildman–Crippen LogP) is 11.1. The number of pyridine rings is 1. The number of amidine groups is 2. The summed E-state index contributed by atoms with van der Waals surface area (Å²) in [5, 5.41) is 9.88. The van der Waals surface area contributed by atoms with Crippen LogP contribution in [0.25, 0.3) is 44.8 Å². The molecule has 0 amide bonds. The summed E-state index contributed by atoms with van der Waals surface area (Å²) in [6, 6.07) is 47.0. The Balaban J connectivity index is 1.18. The molecule has 0 aliphatic heterocycles. The molecule has 7 rings (SSSR count). The molecule has 1 aliphatic rings. The number of aryl methyl sites for hydroxylation is 1. The zero-order valence-electron chi connectivity index (χ0n) is 28.6. The van der Waals surface area contributed by atoms with E-state index >= 15 is 0 Å². The molecule has 0 saturated heterocycles. The molecule has 1 heterocycles. The molecule has 0 saturated carbocycles. The Labute approximate surface area is 299 Å². The van der Waals surface area contributed by atoms with Gasteiger partial charge in [-0.05, 0) is 96.8 Å². The molecule has 5 aromatic carbocycles. The highest BCUT2D eigenvalue weighted by atomic mass is 16.3. The summed E-state index contributed by atoms with van der Waals surface area (Å²) in [5.74, 6) is 1.44. The van der Waals surface area contributed by atoms with Crippen LogP contribution in [0.5, 0.6) is 5.75 Å². The lowest BCUT2D eigenvalue weighted by molar-refractivity contribution is 0.475. The van der Waals surface area contributed by atoms with Crippen LogP contribution in [-0.4, -0.2) is 28.5 Å². The van der Waals surface area contributed by atoms with Gasteiger partial charge in [0.15, 0.2) is 11.7 Å². The number of aromatic nitrogens is 1. The van der Waals surface area contributed by atoms with E-state index in [1.807, 2.05) is 42.5 Å². The second kappa shape index (κ2) is 15.4. The highest BCUT2D eigenvalue weighted by Gasteiger charge is 2.12. The van der Waals surface area contributed by atoms with Crippen molar-refractivity contribution in [3.05, 3.63) is 180 Å². The lowest BCUT2D eigenvalue weighted by atomic mass is 9.97. The second-order valence-electron chi connectivity index (χ2n) is 12.6. The van der Waals surface area contributed by atoms with Crippen LogP contribution in [0.4, 0.5) is 0 Å². The average Bonchev–Trinajstić information content (AvgIpc) is 3.19. The van der Waals surface area contributed by atoms with Crippen LogP contribution in [0.1, 0.15) is 29.5 Å². The number of phenolic OH excluding ortho intramolecular Hbond substituents is 1. The molecule has 0 bridgehead atoms. The smallest absolute Gasteiger partial charge is 0.160 e. The van der Waals surface area contributed by atoms with Crippen molar-refractivity contribution >= 4 is 18.4 Å². The fraction of sp³-hybridized carbons (Fsp3) is 0.0870. The van der Waals surface area contributed by atoms with E-state index < -0.39 is 0 Å². The molecule has 0 fully saturated rings. The first-order chi connectivity index (χ1) is 25.0. The van der Waals surface area contributed by atoms with Gasteiger partial charge in [-0.2, -0.15) is 0 Å². The molecule has 6 aromatic rings. The maximum Gasteiger partial charge on any atom is 0.160 e. The normalized spacial score (nSPS) is 13.2. The summed E-state index contributed by atoms with van der Waals surface area (Å²) in [6.07, 6.45) is 8.33. The van der Waals surface area contributed by atoms with Crippen molar-refractivity contribution in [3.8, 4) is 50.5 Å². The van der Waals surface area contributed by atoms with E-state index in [2.05, 4.69) is 122 Å². The topological polar surface area (TPSA) is 70.2 Å². The molecule has 5 heteroatoms. The molecular weight excluding hydrogens is 625 g/mol. The summed E-state index contributed by atoms with van der Waals surface area (Å²) < 4.78 is 0. The number of hydrogen-bond donors (Lipinski definition) is 1. The molecule has 1 aromatic heterocycles. The number of aliphatic imine (C=N–C) groups is 3. The summed E-state index contributed by atoms with van der Waals surface area (Å²) in [7, 11) is 0. The molecule has 248 valence electrons. The molecule has 0 unspecified atom stereocenters. The molecule has 5 nitrogen and oxygen atoms in total. The molecule has 0 atom stereocenters. The first-order valence-electron chi connectivity index (χ1n) is 17.1. The summed E-state index contributed by atoms with van der Waals surface area (Å²) in [6.45, 7) is 6.35. The number of rotatable bonds is 8. The van der Waals surface area contributed by atoms with E-state index in [0.29, 0.717) is 18.2 Å². The zero-order chi connectivity index (χ0) is 35.0. The van der Waals surface area contributed by atoms with Crippen molar-refractivity contribution in [1.82, 2.24) is 4.98 Å². The van der Waals surface area contributed by atoms with Crippen LogP contribution in [0.15, 0.2) is 178 Å². The lowest BCUT2D eigenvalue weighted by Crippen LogP contribution is -2.06. The van der Waals surface area contributed by atoms with Gasteiger partial charge in [-0.3, -0.25) is 4.99 Å². The first-order valence-corrected chi connectivity index (χ1v) is 17.1. The van der Waals surface area contributed by atoms with Gasteiger partial charge in [0, 0.05) is 22.3 Å². The summed E-state index contributed by atoms with van der Waals surface area (Å²) >= 11 is 0. The molecule has 1 N–H and O–H groups in total. The van der Waals surface area contributed by atoms with Gasteiger partial charge in [-0.15, -0.1) is 0 Å². The third-order valence-electron chi connectivity index (χ3n) is 8.87. The lowest BCUT2D eigenvalue weighted by Gasteiger charge is -2.12. The van der Waals surface area contributed by atoms with E-state index in [4.69, 9.17) is 15.0 Å². The van der Waals surface area contributed by atoms with E-state index in [0.717, 1.165) is 74.3 Å². The Morgan fingerprint density at radius 1 is 0.647 bits per heavy atom. The van der Waals surface area contributed by atoms with Gasteiger partial charge in [-0.1, -0.05) is 121 Å². The minimum absolute atomic E-state index is 0.231. The Morgan fingerprint density at radius 2 is 1.29 bits per heavy atom. The average molecular weight is 663 g/mol. The van der Waals surface area contributed by atoms with Crippen molar-refractivity contribution in [3.63, 3.8) is 0 Å². The fourth-order valence-corrected chi connectivity index (χ4v) is 6.07. The van der Waals surface area contributed by atoms with Crippen molar-refractivity contribution in [2.24, 2.45) is 15.0 Å². The summed E-state index contributed by atoms with van der Waals surface area (Å²) in [5.41, 5.74) is 12.3. The molecule has 0 spiro atoms. The van der Waals surface area contributed by atoms with Crippen LogP contribution >= 0.6 is 0 Å². The van der Waals surface area contributed by atoms with Gasteiger partial charge >= 0.3 is 0 Å². The Kier molecular flexibility index (Phi) is 9.98. The van der Waals surface area contributed by atoms with Crippen LogP contribution in [0.2, 0.25) is 0 Å².